The normalized spacial score (nSPS) is 16.1. The molecule has 27 heavy (non-hydrogen) atoms. The van der Waals surface area contributed by atoms with Gasteiger partial charge in [0.1, 0.15) is 17.4 Å². The first-order chi connectivity index (χ1) is 13.1. The van der Waals surface area contributed by atoms with Crippen molar-refractivity contribution in [1.29, 1.82) is 0 Å². The van der Waals surface area contributed by atoms with E-state index < -0.39 is 11.9 Å². The Balaban J connectivity index is 1.84. The molecular formula is C20H13N3O4. The summed E-state index contributed by atoms with van der Waals surface area (Å²) in [6.07, 6.45) is 1.62. The van der Waals surface area contributed by atoms with Gasteiger partial charge >= 0.3 is 0 Å². The molecule has 7 nitrogen and oxygen atoms in total. The van der Waals surface area contributed by atoms with E-state index in [-0.39, 0.29) is 16.8 Å². The van der Waals surface area contributed by atoms with Crippen molar-refractivity contribution in [2.24, 2.45) is 0 Å². The number of nitrogens with zero attached hydrogens (tertiary/aromatic N) is 3. The second-order valence-corrected chi connectivity index (χ2v) is 6.30. The number of carbonyl (C=O) groups excluding carboxylic acids is 1. The minimum atomic E-state index is -0.737. The second-order valence-electron chi connectivity index (χ2n) is 6.30. The number of benzene rings is 1. The standard InChI is InChI=1S/C20H13N3O4/c1-11-10-15(22-27-11)23-17(13-7-4-5-9-21-13)16-18(24)12-6-2-3-8-14(12)26-19(16)20(23)25/h2-10,17H,1H3/t17-/m0/s1. The zero-order valence-electron chi connectivity index (χ0n) is 14.2. The van der Waals surface area contributed by atoms with Crippen molar-refractivity contribution in [2.75, 3.05) is 4.90 Å². The van der Waals surface area contributed by atoms with Gasteiger partial charge in [-0.25, -0.2) is 0 Å². The molecule has 0 spiro atoms. The van der Waals surface area contributed by atoms with Crippen LogP contribution in [0.2, 0.25) is 0 Å². The lowest BCUT2D eigenvalue weighted by atomic mass is 10.0. The average Bonchev–Trinajstić information content (AvgIpc) is 3.24. The van der Waals surface area contributed by atoms with Gasteiger partial charge in [-0.3, -0.25) is 19.5 Å². The SMILES string of the molecule is Cc1cc(N2C(=O)c3oc4ccccc4c(=O)c3[C@@H]2c2ccccn2)no1. The van der Waals surface area contributed by atoms with E-state index in [1.165, 1.54) is 4.90 Å². The quantitative estimate of drug-likeness (QED) is 0.546. The largest absolute Gasteiger partial charge is 0.450 e. The zero-order valence-corrected chi connectivity index (χ0v) is 14.2. The van der Waals surface area contributed by atoms with Gasteiger partial charge in [-0.05, 0) is 31.2 Å². The number of amides is 1. The zero-order chi connectivity index (χ0) is 18.5. The van der Waals surface area contributed by atoms with Gasteiger partial charge in [0.15, 0.2) is 11.2 Å². The van der Waals surface area contributed by atoms with E-state index in [0.717, 1.165) is 0 Å². The summed E-state index contributed by atoms with van der Waals surface area (Å²) in [6, 6.07) is 13.1. The van der Waals surface area contributed by atoms with Crippen LogP contribution in [0, 0.1) is 6.92 Å². The highest BCUT2D eigenvalue weighted by Gasteiger charge is 2.45. The molecule has 4 heterocycles. The van der Waals surface area contributed by atoms with Crippen LogP contribution in [0.1, 0.15) is 33.6 Å². The molecule has 1 amide bonds. The van der Waals surface area contributed by atoms with Crippen molar-refractivity contribution in [3.8, 4) is 0 Å². The molecule has 4 aromatic rings. The summed E-state index contributed by atoms with van der Waals surface area (Å²) in [5.41, 5.74) is 0.928. The Morgan fingerprint density at radius 2 is 1.89 bits per heavy atom. The lowest BCUT2D eigenvalue weighted by Gasteiger charge is -2.21. The van der Waals surface area contributed by atoms with Crippen LogP contribution in [0.5, 0.6) is 0 Å². The number of hydrogen-bond donors (Lipinski definition) is 0. The molecule has 1 aromatic carbocycles. The Morgan fingerprint density at radius 1 is 1.07 bits per heavy atom. The van der Waals surface area contributed by atoms with Gasteiger partial charge in [0, 0.05) is 12.3 Å². The molecule has 7 heteroatoms. The first kappa shape index (κ1) is 15.5. The van der Waals surface area contributed by atoms with Crippen LogP contribution in [0.4, 0.5) is 5.82 Å². The van der Waals surface area contributed by atoms with Crippen LogP contribution in [0.25, 0.3) is 11.0 Å². The number of anilines is 1. The van der Waals surface area contributed by atoms with Gasteiger partial charge in [-0.1, -0.05) is 23.4 Å². The molecule has 1 aliphatic heterocycles. The Morgan fingerprint density at radius 3 is 2.63 bits per heavy atom. The van der Waals surface area contributed by atoms with E-state index in [9.17, 15) is 9.59 Å². The van der Waals surface area contributed by atoms with Gasteiger partial charge in [0.05, 0.1) is 16.6 Å². The highest BCUT2D eigenvalue weighted by atomic mass is 16.5. The number of aromatic nitrogens is 2. The Bertz CT molecular complexity index is 1240. The van der Waals surface area contributed by atoms with E-state index in [1.54, 1.807) is 61.7 Å². The van der Waals surface area contributed by atoms with Gasteiger partial charge < -0.3 is 8.94 Å². The highest BCUT2D eigenvalue weighted by Crippen LogP contribution is 2.40. The van der Waals surface area contributed by atoms with E-state index in [2.05, 4.69) is 10.1 Å². The number of hydrogen-bond acceptors (Lipinski definition) is 6. The number of carbonyl (C=O) groups is 1. The molecule has 132 valence electrons. The molecular weight excluding hydrogens is 346 g/mol. The molecule has 0 radical (unpaired) electrons. The number of fused-ring (bicyclic) bond motifs is 2. The van der Waals surface area contributed by atoms with Crippen molar-refractivity contribution in [2.45, 2.75) is 13.0 Å². The number of rotatable bonds is 2. The molecule has 0 N–H and O–H groups in total. The lowest BCUT2D eigenvalue weighted by molar-refractivity contribution is 0.0969. The average molecular weight is 359 g/mol. The monoisotopic (exact) mass is 359 g/mol. The topological polar surface area (TPSA) is 89.4 Å². The summed E-state index contributed by atoms with van der Waals surface area (Å²) in [5.74, 6) is 0.424. The fourth-order valence-electron chi connectivity index (χ4n) is 3.44. The fraction of sp³-hybridized carbons (Fsp3) is 0.100. The third-order valence-corrected chi connectivity index (χ3v) is 4.61. The summed E-state index contributed by atoms with van der Waals surface area (Å²) >= 11 is 0. The van der Waals surface area contributed by atoms with Crippen LogP contribution in [0.3, 0.4) is 0 Å². The molecule has 1 aliphatic rings. The van der Waals surface area contributed by atoms with E-state index in [4.69, 9.17) is 8.94 Å². The van der Waals surface area contributed by atoms with Crippen molar-refractivity contribution in [1.82, 2.24) is 10.1 Å². The predicted octanol–water partition coefficient (Wildman–Crippen LogP) is 3.23. The Hall–Kier alpha value is -3.74. The number of pyridine rings is 1. The fourth-order valence-corrected chi connectivity index (χ4v) is 3.44. The molecule has 0 unspecified atom stereocenters. The van der Waals surface area contributed by atoms with Crippen molar-refractivity contribution < 1.29 is 13.7 Å². The second kappa shape index (κ2) is 5.63. The molecule has 0 saturated heterocycles. The maximum absolute atomic E-state index is 13.2. The molecule has 0 bridgehead atoms. The molecule has 0 aliphatic carbocycles. The van der Waals surface area contributed by atoms with Gasteiger partial charge in [0.25, 0.3) is 5.91 Å². The summed E-state index contributed by atoms with van der Waals surface area (Å²) in [7, 11) is 0. The third kappa shape index (κ3) is 2.21. The molecule has 1 atom stereocenters. The molecule has 3 aromatic heterocycles. The van der Waals surface area contributed by atoms with Crippen LogP contribution >= 0.6 is 0 Å². The summed E-state index contributed by atoms with van der Waals surface area (Å²) in [5, 5.41) is 4.38. The van der Waals surface area contributed by atoms with Crippen LogP contribution < -0.4 is 10.3 Å². The van der Waals surface area contributed by atoms with Crippen LogP contribution in [-0.2, 0) is 0 Å². The van der Waals surface area contributed by atoms with Crippen molar-refractivity contribution >= 4 is 22.7 Å². The minimum Gasteiger partial charge on any atom is -0.450 e. The third-order valence-electron chi connectivity index (χ3n) is 4.61. The highest BCUT2D eigenvalue weighted by molar-refractivity contribution is 6.10. The summed E-state index contributed by atoms with van der Waals surface area (Å²) in [6.45, 7) is 1.73. The summed E-state index contributed by atoms with van der Waals surface area (Å²) in [4.78, 5) is 32.2. The smallest absolute Gasteiger partial charge is 0.296 e. The summed E-state index contributed by atoms with van der Waals surface area (Å²) < 4.78 is 11.0. The first-order valence-electron chi connectivity index (χ1n) is 8.38. The van der Waals surface area contributed by atoms with Crippen molar-refractivity contribution in [3.63, 3.8) is 0 Å². The lowest BCUT2D eigenvalue weighted by Crippen LogP contribution is -2.30. The van der Waals surface area contributed by atoms with E-state index in [0.29, 0.717) is 28.2 Å². The number of aryl methyl sites for hydroxylation is 1. The van der Waals surface area contributed by atoms with E-state index in [1.807, 2.05) is 0 Å². The maximum atomic E-state index is 13.2. The van der Waals surface area contributed by atoms with E-state index >= 15 is 0 Å². The van der Waals surface area contributed by atoms with Gasteiger partial charge in [-0.15, -0.1) is 0 Å². The van der Waals surface area contributed by atoms with Crippen LogP contribution in [-0.4, -0.2) is 16.0 Å². The molecule has 5 rings (SSSR count). The van der Waals surface area contributed by atoms with Crippen molar-refractivity contribution in [3.05, 3.63) is 87.7 Å². The molecule has 0 saturated carbocycles. The predicted molar refractivity (Wildman–Crippen MR) is 96.6 cm³/mol. The minimum absolute atomic E-state index is 0.00926. The maximum Gasteiger partial charge on any atom is 0.296 e. The Kier molecular flexibility index (Phi) is 3.24. The van der Waals surface area contributed by atoms with Crippen LogP contribution in [0.15, 0.2) is 68.5 Å². The number of para-hydroxylation sites is 1. The molecule has 0 fully saturated rings. The Labute approximate surface area is 152 Å². The van der Waals surface area contributed by atoms with Gasteiger partial charge in [-0.2, -0.15) is 0 Å². The van der Waals surface area contributed by atoms with Gasteiger partial charge in [0.2, 0.25) is 5.76 Å². The first-order valence-corrected chi connectivity index (χ1v) is 8.38.